The molecule has 2 aromatic rings. The number of halogens is 1. The van der Waals surface area contributed by atoms with Crippen LogP contribution in [-0.4, -0.2) is 36.8 Å². The molecule has 0 N–H and O–H groups in total. The lowest BCUT2D eigenvalue weighted by atomic mass is 10.1. The highest BCUT2D eigenvalue weighted by atomic mass is 35.5. The fourth-order valence-electron chi connectivity index (χ4n) is 3.25. The van der Waals surface area contributed by atoms with Gasteiger partial charge in [0.05, 0.1) is 11.5 Å². The monoisotopic (exact) mass is 391 g/mol. The third-order valence-electron chi connectivity index (χ3n) is 4.77. The Morgan fingerprint density at radius 3 is 2.42 bits per heavy atom. The molecule has 0 spiro atoms. The molecule has 0 radical (unpaired) electrons. The minimum atomic E-state index is -3.09. The SMILES string of the molecule is CCc1ccc(CN(C(=O)c2cccc(Cl)c2)[C@H]2CCS(=O)(=O)C2)cc1. The number of hydrogen-bond acceptors (Lipinski definition) is 3. The molecule has 0 aliphatic carbocycles. The van der Waals surface area contributed by atoms with Crippen LogP contribution in [0.3, 0.4) is 0 Å². The fraction of sp³-hybridized carbons (Fsp3) is 0.350. The maximum absolute atomic E-state index is 13.1. The summed E-state index contributed by atoms with van der Waals surface area (Å²) in [6.07, 6.45) is 1.42. The van der Waals surface area contributed by atoms with E-state index in [0.717, 1.165) is 12.0 Å². The van der Waals surface area contributed by atoms with Crippen molar-refractivity contribution in [3.05, 3.63) is 70.2 Å². The van der Waals surface area contributed by atoms with Gasteiger partial charge in [0.2, 0.25) is 0 Å². The Morgan fingerprint density at radius 2 is 1.85 bits per heavy atom. The summed E-state index contributed by atoms with van der Waals surface area (Å²) < 4.78 is 23.9. The number of sulfone groups is 1. The predicted molar refractivity (Wildman–Crippen MR) is 104 cm³/mol. The number of benzene rings is 2. The molecule has 0 bridgehead atoms. The molecule has 26 heavy (non-hydrogen) atoms. The van der Waals surface area contributed by atoms with Gasteiger partial charge in [-0.15, -0.1) is 0 Å². The van der Waals surface area contributed by atoms with Crippen LogP contribution in [0.2, 0.25) is 5.02 Å². The van der Waals surface area contributed by atoms with Crippen LogP contribution in [0.15, 0.2) is 48.5 Å². The van der Waals surface area contributed by atoms with Gasteiger partial charge >= 0.3 is 0 Å². The van der Waals surface area contributed by atoms with Gasteiger partial charge < -0.3 is 4.90 Å². The topological polar surface area (TPSA) is 54.5 Å². The van der Waals surface area contributed by atoms with Crippen LogP contribution in [0.25, 0.3) is 0 Å². The minimum absolute atomic E-state index is 0.0202. The zero-order valence-electron chi connectivity index (χ0n) is 14.7. The van der Waals surface area contributed by atoms with Crippen molar-refractivity contribution in [3.63, 3.8) is 0 Å². The van der Waals surface area contributed by atoms with Crippen LogP contribution in [0.1, 0.15) is 34.8 Å². The van der Waals surface area contributed by atoms with Crippen LogP contribution < -0.4 is 0 Å². The molecule has 4 nitrogen and oxygen atoms in total. The number of hydrogen-bond donors (Lipinski definition) is 0. The molecule has 6 heteroatoms. The molecule has 1 fully saturated rings. The Hall–Kier alpha value is -1.85. The van der Waals surface area contributed by atoms with Crippen molar-refractivity contribution >= 4 is 27.3 Å². The minimum Gasteiger partial charge on any atom is -0.330 e. The molecule has 1 aliphatic rings. The van der Waals surface area contributed by atoms with Crippen molar-refractivity contribution in [2.45, 2.75) is 32.4 Å². The molecule has 1 aliphatic heterocycles. The zero-order valence-corrected chi connectivity index (χ0v) is 16.3. The average molecular weight is 392 g/mol. The van der Waals surface area contributed by atoms with Gasteiger partial charge in [-0.1, -0.05) is 48.9 Å². The molecular formula is C20H22ClNO3S. The van der Waals surface area contributed by atoms with Gasteiger partial charge in [-0.3, -0.25) is 4.79 Å². The summed E-state index contributed by atoms with van der Waals surface area (Å²) >= 11 is 6.03. The lowest BCUT2D eigenvalue weighted by Crippen LogP contribution is -2.40. The largest absolute Gasteiger partial charge is 0.330 e. The first kappa shape index (κ1) is 18.9. The first-order chi connectivity index (χ1) is 12.4. The second kappa shape index (κ2) is 7.80. The number of nitrogens with zero attached hydrogens (tertiary/aromatic N) is 1. The molecule has 138 valence electrons. The molecule has 1 saturated heterocycles. The van der Waals surface area contributed by atoms with Crippen LogP contribution in [0.5, 0.6) is 0 Å². The van der Waals surface area contributed by atoms with Crippen molar-refractivity contribution in [1.29, 1.82) is 0 Å². The Bertz CT molecular complexity index is 894. The van der Waals surface area contributed by atoms with Crippen LogP contribution in [0.4, 0.5) is 0 Å². The predicted octanol–water partition coefficient (Wildman–Crippen LogP) is 3.73. The van der Waals surface area contributed by atoms with E-state index in [9.17, 15) is 13.2 Å². The fourth-order valence-corrected chi connectivity index (χ4v) is 5.17. The maximum Gasteiger partial charge on any atom is 0.254 e. The normalized spacial score (nSPS) is 18.6. The highest BCUT2D eigenvalue weighted by Gasteiger charge is 2.35. The number of carbonyl (C=O) groups is 1. The lowest BCUT2D eigenvalue weighted by molar-refractivity contribution is 0.0681. The highest BCUT2D eigenvalue weighted by Crippen LogP contribution is 2.23. The molecule has 3 rings (SSSR count). The van der Waals surface area contributed by atoms with E-state index in [1.165, 1.54) is 5.56 Å². The van der Waals surface area contributed by atoms with Crippen molar-refractivity contribution in [3.8, 4) is 0 Å². The summed E-state index contributed by atoms with van der Waals surface area (Å²) in [6.45, 7) is 2.48. The molecule has 0 aromatic heterocycles. The van der Waals surface area contributed by atoms with E-state index < -0.39 is 9.84 Å². The molecule has 2 aromatic carbocycles. The van der Waals surface area contributed by atoms with Gasteiger partial charge in [0.15, 0.2) is 9.84 Å². The van der Waals surface area contributed by atoms with Crippen LogP contribution in [0, 0.1) is 0 Å². The van der Waals surface area contributed by atoms with Gasteiger partial charge in [-0.25, -0.2) is 8.42 Å². The van der Waals surface area contributed by atoms with Gasteiger partial charge in [-0.2, -0.15) is 0 Å². The first-order valence-electron chi connectivity index (χ1n) is 8.73. The van der Waals surface area contributed by atoms with Gasteiger partial charge in [0.1, 0.15) is 0 Å². The number of rotatable bonds is 5. The van der Waals surface area contributed by atoms with Gasteiger partial charge in [-0.05, 0) is 42.2 Å². The number of aryl methyl sites for hydroxylation is 1. The van der Waals surface area contributed by atoms with E-state index in [-0.39, 0.29) is 23.5 Å². The second-order valence-electron chi connectivity index (χ2n) is 6.67. The Morgan fingerprint density at radius 1 is 1.15 bits per heavy atom. The molecule has 1 heterocycles. The van der Waals surface area contributed by atoms with Crippen molar-refractivity contribution in [2.75, 3.05) is 11.5 Å². The summed E-state index contributed by atoms with van der Waals surface area (Å²) in [5.41, 5.74) is 2.69. The Labute approximate surface area is 159 Å². The van der Waals surface area contributed by atoms with E-state index in [4.69, 9.17) is 11.6 Å². The second-order valence-corrected chi connectivity index (χ2v) is 9.34. The summed E-state index contributed by atoms with van der Waals surface area (Å²) in [4.78, 5) is 14.8. The van der Waals surface area contributed by atoms with E-state index in [0.29, 0.717) is 23.6 Å². The van der Waals surface area contributed by atoms with E-state index >= 15 is 0 Å². The third-order valence-corrected chi connectivity index (χ3v) is 6.75. The van der Waals surface area contributed by atoms with Crippen molar-refractivity contribution < 1.29 is 13.2 Å². The van der Waals surface area contributed by atoms with Gasteiger partial charge in [0.25, 0.3) is 5.91 Å². The summed E-state index contributed by atoms with van der Waals surface area (Å²) in [7, 11) is -3.09. The lowest BCUT2D eigenvalue weighted by Gasteiger charge is -2.28. The van der Waals surface area contributed by atoms with E-state index in [2.05, 4.69) is 6.92 Å². The molecular weight excluding hydrogens is 370 g/mol. The van der Waals surface area contributed by atoms with Gasteiger partial charge in [0, 0.05) is 23.2 Å². The average Bonchev–Trinajstić information content (AvgIpc) is 2.99. The summed E-state index contributed by atoms with van der Waals surface area (Å²) in [6, 6.07) is 14.6. The smallest absolute Gasteiger partial charge is 0.254 e. The van der Waals surface area contributed by atoms with E-state index in [1.54, 1.807) is 29.2 Å². The number of amides is 1. The van der Waals surface area contributed by atoms with Crippen molar-refractivity contribution in [1.82, 2.24) is 4.90 Å². The third kappa shape index (κ3) is 4.46. The van der Waals surface area contributed by atoms with Crippen molar-refractivity contribution in [2.24, 2.45) is 0 Å². The molecule has 0 saturated carbocycles. The van der Waals surface area contributed by atoms with Crippen LogP contribution >= 0.6 is 11.6 Å². The maximum atomic E-state index is 13.1. The first-order valence-corrected chi connectivity index (χ1v) is 10.9. The molecule has 1 atom stereocenters. The summed E-state index contributed by atoms with van der Waals surface area (Å²) in [5.74, 6) is -0.0350. The van der Waals surface area contributed by atoms with Crippen LogP contribution in [-0.2, 0) is 22.8 Å². The number of carbonyl (C=O) groups excluding carboxylic acids is 1. The zero-order chi connectivity index (χ0) is 18.7. The Balaban J connectivity index is 1.89. The quantitative estimate of drug-likeness (QED) is 0.780. The summed E-state index contributed by atoms with van der Waals surface area (Å²) in [5, 5.41) is 0.488. The Kier molecular flexibility index (Phi) is 5.68. The molecule has 1 amide bonds. The standard InChI is InChI=1S/C20H22ClNO3S/c1-2-15-6-8-16(9-7-15)13-22(19-10-11-26(24,25)14-19)20(23)17-4-3-5-18(21)12-17/h3-9,12,19H,2,10-11,13-14H2,1H3/t19-/m0/s1. The highest BCUT2D eigenvalue weighted by molar-refractivity contribution is 7.91. The van der Waals surface area contributed by atoms with E-state index in [1.807, 2.05) is 24.3 Å². The molecule has 0 unspecified atom stereocenters.